The summed E-state index contributed by atoms with van der Waals surface area (Å²) < 4.78 is 0. The largest absolute Gasteiger partial charge is 0.381 e. The third-order valence-electron chi connectivity index (χ3n) is 3.24. The summed E-state index contributed by atoms with van der Waals surface area (Å²) in [5.74, 6) is -0.415. The van der Waals surface area contributed by atoms with E-state index in [1.54, 1.807) is 12.1 Å². The molecule has 4 nitrogen and oxygen atoms in total. The molecule has 2 aromatic carbocycles. The summed E-state index contributed by atoms with van der Waals surface area (Å²) in [5, 5.41) is 4.10. The van der Waals surface area contributed by atoms with Gasteiger partial charge in [0.1, 0.15) is 0 Å². The minimum atomic E-state index is -0.415. The van der Waals surface area contributed by atoms with Crippen molar-refractivity contribution in [1.82, 2.24) is 4.90 Å². The number of primary amides is 1. The van der Waals surface area contributed by atoms with Gasteiger partial charge in [0.05, 0.1) is 0 Å². The number of carbonyl (C=O) groups is 1. The Balaban J connectivity index is 2.08. The van der Waals surface area contributed by atoms with Crippen LogP contribution in [0.4, 0.5) is 5.69 Å². The van der Waals surface area contributed by atoms with Crippen molar-refractivity contribution in [1.29, 1.82) is 0 Å². The molecule has 0 spiro atoms. The van der Waals surface area contributed by atoms with E-state index in [0.29, 0.717) is 12.1 Å². The lowest BCUT2D eigenvalue weighted by atomic mass is 10.1. The van der Waals surface area contributed by atoms with Crippen LogP contribution in [0.5, 0.6) is 0 Å². The minimum absolute atomic E-state index is 0.415. The lowest BCUT2D eigenvalue weighted by Crippen LogP contribution is -2.12. The summed E-state index contributed by atoms with van der Waals surface area (Å²) in [6, 6.07) is 13.2. The third-order valence-corrected chi connectivity index (χ3v) is 3.61. The Bertz CT molecular complexity index is 671. The Labute approximate surface area is 135 Å². The summed E-state index contributed by atoms with van der Waals surface area (Å²) in [6.45, 7) is 1.40. The standard InChI is InChI=1S/C17H20ClN3O/c1-21(2)11-14-9-15(6-7-16(14)18)20-10-12-4-3-5-13(8-12)17(19)22/h3-9,20H,10-11H2,1-2H3,(H2,19,22). The van der Waals surface area contributed by atoms with Crippen LogP contribution in [0.25, 0.3) is 0 Å². The smallest absolute Gasteiger partial charge is 0.248 e. The summed E-state index contributed by atoms with van der Waals surface area (Å²) in [7, 11) is 4.01. The number of nitrogens with two attached hydrogens (primary N) is 1. The zero-order valence-electron chi connectivity index (χ0n) is 12.8. The number of carbonyl (C=O) groups excluding carboxylic acids is 1. The molecular formula is C17H20ClN3O. The van der Waals surface area contributed by atoms with Gasteiger partial charge >= 0.3 is 0 Å². The van der Waals surface area contributed by atoms with Crippen molar-refractivity contribution in [3.63, 3.8) is 0 Å². The van der Waals surface area contributed by atoms with E-state index in [-0.39, 0.29) is 0 Å². The minimum Gasteiger partial charge on any atom is -0.381 e. The Kier molecular flexibility index (Phi) is 5.41. The van der Waals surface area contributed by atoms with Gasteiger partial charge < -0.3 is 16.0 Å². The van der Waals surface area contributed by atoms with Gasteiger partial charge in [-0.3, -0.25) is 4.79 Å². The van der Waals surface area contributed by atoms with E-state index < -0.39 is 5.91 Å². The summed E-state index contributed by atoms with van der Waals surface area (Å²) in [4.78, 5) is 13.3. The fourth-order valence-corrected chi connectivity index (χ4v) is 2.36. The molecule has 5 heteroatoms. The van der Waals surface area contributed by atoms with E-state index in [1.807, 2.05) is 44.4 Å². The first-order chi connectivity index (χ1) is 10.5. The second-order valence-electron chi connectivity index (χ2n) is 5.46. The van der Waals surface area contributed by atoms with Crippen LogP contribution in [0.3, 0.4) is 0 Å². The number of amides is 1. The maximum Gasteiger partial charge on any atom is 0.248 e. The van der Waals surface area contributed by atoms with Crippen molar-refractivity contribution >= 4 is 23.2 Å². The molecular weight excluding hydrogens is 298 g/mol. The number of rotatable bonds is 6. The highest BCUT2D eigenvalue weighted by Crippen LogP contribution is 2.22. The molecule has 0 unspecified atom stereocenters. The predicted molar refractivity (Wildman–Crippen MR) is 91.1 cm³/mol. The summed E-state index contributed by atoms with van der Waals surface area (Å²) in [5.41, 5.74) is 8.88. The van der Waals surface area contributed by atoms with Crippen LogP contribution in [0, 0.1) is 0 Å². The summed E-state index contributed by atoms with van der Waals surface area (Å²) in [6.07, 6.45) is 0. The summed E-state index contributed by atoms with van der Waals surface area (Å²) >= 11 is 6.21. The zero-order valence-corrected chi connectivity index (χ0v) is 13.5. The van der Waals surface area contributed by atoms with Crippen molar-refractivity contribution in [2.45, 2.75) is 13.1 Å². The molecule has 0 saturated carbocycles. The van der Waals surface area contributed by atoms with E-state index in [4.69, 9.17) is 17.3 Å². The number of benzene rings is 2. The highest BCUT2D eigenvalue weighted by atomic mass is 35.5. The van der Waals surface area contributed by atoms with Crippen LogP contribution in [0.1, 0.15) is 21.5 Å². The molecule has 0 heterocycles. The van der Waals surface area contributed by atoms with E-state index >= 15 is 0 Å². The predicted octanol–water partition coefficient (Wildman–Crippen LogP) is 3.11. The zero-order chi connectivity index (χ0) is 16.1. The van der Waals surface area contributed by atoms with Crippen molar-refractivity contribution in [2.75, 3.05) is 19.4 Å². The molecule has 22 heavy (non-hydrogen) atoms. The van der Waals surface area contributed by atoms with Gasteiger partial charge in [-0.05, 0) is 55.6 Å². The molecule has 1 amide bonds. The van der Waals surface area contributed by atoms with Gasteiger partial charge in [-0.15, -0.1) is 0 Å². The molecule has 116 valence electrons. The highest BCUT2D eigenvalue weighted by molar-refractivity contribution is 6.31. The maximum atomic E-state index is 11.2. The number of anilines is 1. The molecule has 2 rings (SSSR count). The van der Waals surface area contributed by atoms with Crippen molar-refractivity contribution < 1.29 is 4.79 Å². The molecule has 0 saturated heterocycles. The number of nitrogens with one attached hydrogen (secondary N) is 1. The van der Waals surface area contributed by atoms with Crippen LogP contribution in [0.15, 0.2) is 42.5 Å². The molecule has 2 aromatic rings. The molecule has 0 radical (unpaired) electrons. The van der Waals surface area contributed by atoms with Gasteiger partial charge in [-0.2, -0.15) is 0 Å². The molecule has 0 fully saturated rings. The first-order valence-corrected chi connectivity index (χ1v) is 7.39. The van der Waals surface area contributed by atoms with Crippen molar-refractivity contribution in [3.8, 4) is 0 Å². The second-order valence-corrected chi connectivity index (χ2v) is 5.87. The van der Waals surface area contributed by atoms with Gasteiger partial charge in [0.2, 0.25) is 5.91 Å². The topological polar surface area (TPSA) is 58.4 Å². The van der Waals surface area contributed by atoms with E-state index in [0.717, 1.165) is 28.4 Å². The van der Waals surface area contributed by atoms with Gasteiger partial charge in [0, 0.05) is 29.4 Å². The molecule has 3 N–H and O–H groups in total. The van der Waals surface area contributed by atoms with Gasteiger partial charge in [0.15, 0.2) is 0 Å². The van der Waals surface area contributed by atoms with Crippen LogP contribution in [-0.4, -0.2) is 24.9 Å². The Morgan fingerprint density at radius 2 is 2.00 bits per heavy atom. The van der Waals surface area contributed by atoms with Crippen molar-refractivity contribution in [3.05, 3.63) is 64.2 Å². The average molecular weight is 318 g/mol. The fourth-order valence-electron chi connectivity index (χ4n) is 2.19. The third kappa shape index (κ3) is 4.48. The van der Waals surface area contributed by atoms with Gasteiger partial charge in [0.25, 0.3) is 0 Å². The number of hydrogen-bond acceptors (Lipinski definition) is 3. The fraction of sp³-hybridized carbons (Fsp3) is 0.235. The quantitative estimate of drug-likeness (QED) is 0.860. The molecule has 0 aliphatic heterocycles. The molecule has 0 atom stereocenters. The van der Waals surface area contributed by atoms with Gasteiger partial charge in [-0.25, -0.2) is 0 Å². The number of hydrogen-bond donors (Lipinski definition) is 2. The van der Waals surface area contributed by atoms with Gasteiger partial charge in [-0.1, -0.05) is 23.7 Å². The first-order valence-electron chi connectivity index (χ1n) is 7.01. The molecule has 0 aromatic heterocycles. The van der Waals surface area contributed by atoms with Crippen LogP contribution in [0.2, 0.25) is 5.02 Å². The van der Waals surface area contributed by atoms with Crippen LogP contribution >= 0.6 is 11.6 Å². The lowest BCUT2D eigenvalue weighted by molar-refractivity contribution is 0.1000. The normalized spacial score (nSPS) is 10.7. The Morgan fingerprint density at radius 3 is 2.68 bits per heavy atom. The van der Waals surface area contributed by atoms with Crippen LogP contribution in [-0.2, 0) is 13.1 Å². The van der Waals surface area contributed by atoms with E-state index in [9.17, 15) is 4.79 Å². The van der Waals surface area contributed by atoms with E-state index in [1.165, 1.54) is 0 Å². The molecule has 0 aliphatic rings. The van der Waals surface area contributed by atoms with E-state index in [2.05, 4.69) is 10.2 Å². The Hall–Kier alpha value is -2.04. The molecule has 0 aliphatic carbocycles. The first kappa shape index (κ1) is 16.3. The number of halogens is 1. The number of nitrogens with zero attached hydrogens (tertiary/aromatic N) is 1. The highest BCUT2D eigenvalue weighted by Gasteiger charge is 2.05. The molecule has 0 bridgehead atoms. The average Bonchev–Trinajstić information content (AvgIpc) is 2.48. The SMILES string of the molecule is CN(C)Cc1cc(NCc2cccc(C(N)=O)c2)ccc1Cl. The Morgan fingerprint density at radius 1 is 1.23 bits per heavy atom. The maximum absolute atomic E-state index is 11.2. The second kappa shape index (κ2) is 7.29. The monoisotopic (exact) mass is 317 g/mol. The van der Waals surface area contributed by atoms with Crippen molar-refractivity contribution in [2.24, 2.45) is 5.73 Å². The van der Waals surface area contributed by atoms with Crippen LogP contribution < -0.4 is 11.1 Å². The lowest BCUT2D eigenvalue weighted by Gasteiger charge is -2.14.